The molecule has 0 aliphatic carbocycles. The van der Waals surface area contributed by atoms with E-state index >= 15 is 0 Å². The molecule has 2 heterocycles. The van der Waals surface area contributed by atoms with E-state index < -0.39 is 0 Å². The molecule has 0 radical (unpaired) electrons. The highest BCUT2D eigenvalue weighted by molar-refractivity contribution is 5.57. The van der Waals surface area contributed by atoms with Crippen LogP contribution in [0.15, 0.2) is 18.2 Å². The molecule has 0 amide bonds. The van der Waals surface area contributed by atoms with Gasteiger partial charge in [-0.15, -0.1) is 0 Å². The molecule has 0 aromatic heterocycles. The zero-order valence-electron chi connectivity index (χ0n) is 12.6. The van der Waals surface area contributed by atoms with Gasteiger partial charge in [-0.05, 0) is 62.7 Å². The van der Waals surface area contributed by atoms with Crippen LogP contribution < -0.4 is 10.2 Å². The molecule has 1 aromatic carbocycles. The quantitative estimate of drug-likeness (QED) is 0.672. The lowest BCUT2D eigenvalue weighted by Gasteiger charge is -2.45. The molecule has 2 saturated heterocycles. The maximum atomic E-state index is 10.8. The maximum absolute atomic E-state index is 10.8. The number of hydrogen-bond donors (Lipinski definition) is 1. The second-order valence-electron chi connectivity index (χ2n) is 6.46. The van der Waals surface area contributed by atoms with Gasteiger partial charge in [-0.1, -0.05) is 0 Å². The summed E-state index contributed by atoms with van der Waals surface area (Å²) in [6.45, 7) is 6.40. The number of nitro benzene ring substituents is 1. The Kier molecular flexibility index (Phi) is 3.85. The van der Waals surface area contributed by atoms with E-state index in [1.807, 2.05) is 13.0 Å². The predicted octanol–water partition coefficient (Wildman–Crippen LogP) is 2.87. The van der Waals surface area contributed by atoms with Crippen LogP contribution in [0.1, 0.15) is 31.2 Å². The molecule has 0 unspecified atom stereocenters. The van der Waals surface area contributed by atoms with Gasteiger partial charge in [-0.25, -0.2) is 0 Å². The molecule has 5 heteroatoms. The summed E-state index contributed by atoms with van der Waals surface area (Å²) < 4.78 is 0. The Bertz CT molecular complexity index is 528. The van der Waals surface area contributed by atoms with Crippen molar-refractivity contribution in [3.63, 3.8) is 0 Å². The molecular formula is C16H23N3O2. The molecule has 1 spiro atoms. The van der Waals surface area contributed by atoms with E-state index in [9.17, 15) is 10.1 Å². The van der Waals surface area contributed by atoms with E-state index in [1.54, 1.807) is 12.1 Å². The average Bonchev–Trinajstić information content (AvgIpc) is 2.49. The average molecular weight is 289 g/mol. The van der Waals surface area contributed by atoms with Crippen molar-refractivity contribution in [3.8, 4) is 0 Å². The SMILES string of the molecule is Cc1cc([N+](=O)[O-])ccc1N1CCC2(CCNCC2)CC1. The van der Waals surface area contributed by atoms with Gasteiger partial charge in [-0.2, -0.15) is 0 Å². The number of non-ortho nitro benzene ring substituents is 1. The van der Waals surface area contributed by atoms with E-state index in [1.165, 1.54) is 25.7 Å². The van der Waals surface area contributed by atoms with Crippen LogP contribution >= 0.6 is 0 Å². The summed E-state index contributed by atoms with van der Waals surface area (Å²) >= 11 is 0. The standard InChI is InChI=1S/C16H23N3O2/c1-13-12-14(19(20)21)2-3-15(13)18-10-6-16(7-11-18)4-8-17-9-5-16/h2-3,12,17H,4-11H2,1H3. The largest absolute Gasteiger partial charge is 0.371 e. The molecule has 21 heavy (non-hydrogen) atoms. The summed E-state index contributed by atoms with van der Waals surface area (Å²) in [5, 5.41) is 14.3. The molecule has 114 valence electrons. The topological polar surface area (TPSA) is 58.4 Å². The van der Waals surface area contributed by atoms with E-state index in [2.05, 4.69) is 10.2 Å². The van der Waals surface area contributed by atoms with Crippen LogP contribution in [0.5, 0.6) is 0 Å². The lowest BCUT2D eigenvalue weighted by molar-refractivity contribution is -0.384. The molecule has 2 aliphatic heterocycles. The number of nitrogens with zero attached hydrogens (tertiary/aromatic N) is 2. The van der Waals surface area contributed by atoms with Gasteiger partial charge in [0, 0.05) is 30.9 Å². The van der Waals surface area contributed by atoms with Crippen molar-refractivity contribution in [3.05, 3.63) is 33.9 Å². The summed E-state index contributed by atoms with van der Waals surface area (Å²) in [5.41, 5.74) is 2.88. The van der Waals surface area contributed by atoms with Gasteiger partial charge in [0.25, 0.3) is 5.69 Å². The number of anilines is 1. The van der Waals surface area contributed by atoms with Gasteiger partial charge in [0.15, 0.2) is 0 Å². The fourth-order valence-electron chi connectivity index (χ4n) is 3.79. The van der Waals surface area contributed by atoms with Gasteiger partial charge in [-0.3, -0.25) is 10.1 Å². The van der Waals surface area contributed by atoms with Gasteiger partial charge in [0.1, 0.15) is 0 Å². The molecular weight excluding hydrogens is 266 g/mol. The normalized spacial score (nSPS) is 21.5. The Balaban J connectivity index is 1.70. The first-order valence-electron chi connectivity index (χ1n) is 7.80. The van der Waals surface area contributed by atoms with Crippen molar-refractivity contribution in [1.29, 1.82) is 0 Å². The van der Waals surface area contributed by atoms with Crippen LogP contribution in [0.4, 0.5) is 11.4 Å². The fraction of sp³-hybridized carbons (Fsp3) is 0.625. The Hall–Kier alpha value is -1.62. The highest BCUT2D eigenvalue weighted by Crippen LogP contribution is 2.41. The minimum Gasteiger partial charge on any atom is -0.371 e. The van der Waals surface area contributed by atoms with E-state index in [0.717, 1.165) is 37.4 Å². The number of hydrogen-bond acceptors (Lipinski definition) is 4. The number of nitro groups is 1. The predicted molar refractivity (Wildman–Crippen MR) is 83.8 cm³/mol. The first-order chi connectivity index (χ1) is 10.1. The number of aryl methyl sites for hydroxylation is 1. The molecule has 2 fully saturated rings. The molecule has 1 aromatic rings. The molecule has 0 saturated carbocycles. The minimum absolute atomic E-state index is 0.183. The van der Waals surface area contributed by atoms with Gasteiger partial charge < -0.3 is 10.2 Å². The van der Waals surface area contributed by atoms with Crippen LogP contribution in [0.3, 0.4) is 0 Å². The molecule has 5 nitrogen and oxygen atoms in total. The molecule has 1 N–H and O–H groups in total. The second kappa shape index (κ2) is 5.64. The van der Waals surface area contributed by atoms with Gasteiger partial charge in [0.2, 0.25) is 0 Å². The summed E-state index contributed by atoms with van der Waals surface area (Å²) in [6.07, 6.45) is 5.07. The lowest BCUT2D eigenvalue weighted by Crippen LogP contribution is -2.45. The van der Waals surface area contributed by atoms with E-state index in [4.69, 9.17) is 0 Å². The Morgan fingerprint density at radius 3 is 2.43 bits per heavy atom. The van der Waals surface area contributed by atoms with Gasteiger partial charge in [0.05, 0.1) is 4.92 Å². The van der Waals surface area contributed by atoms with Crippen molar-refractivity contribution in [1.82, 2.24) is 5.32 Å². The Labute approximate surface area is 125 Å². The van der Waals surface area contributed by atoms with Crippen molar-refractivity contribution in [2.45, 2.75) is 32.6 Å². The maximum Gasteiger partial charge on any atom is 0.269 e. The zero-order valence-corrected chi connectivity index (χ0v) is 12.6. The number of nitrogens with one attached hydrogen (secondary N) is 1. The van der Waals surface area contributed by atoms with Crippen LogP contribution in [0, 0.1) is 22.5 Å². The summed E-state index contributed by atoms with van der Waals surface area (Å²) in [4.78, 5) is 12.9. The number of benzene rings is 1. The molecule has 3 rings (SSSR count). The summed E-state index contributed by atoms with van der Waals surface area (Å²) in [5.74, 6) is 0. The number of rotatable bonds is 2. The van der Waals surface area contributed by atoms with Crippen LogP contribution in [-0.4, -0.2) is 31.1 Å². The highest BCUT2D eigenvalue weighted by atomic mass is 16.6. The molecule has 2 aliphatic rings. The van der Waals surface area contributed by atoms with E-state index in [-0.39, 0.29) is 10.6 Å². The monoisotopic (exact) mass is 289 g/mol. The highest BCUT2D eigenvalue weighted by Gasteiger charge is 2.35. The summed E-state index contributed by atoms with van der Waals surface area (Å²) in [6, 6.07) is 5.22. The Morgan fingerprint density at radius 2 is 1.86 bits per heavy atom. The molecule has 0 atom stereocenters. The van der Waals surface area contributed by atoms with Crippen molar-refractivity contribution in [2.75, 3.05) is 31.1 Å². The van der Waals surface area contributed by atoms with Crippen LogP contribution in [-0.2, 0) is 0 Å². The minimum atomic E-state index is -0.322. The third-order valence-electron chi connectivity index (χ3n) is 5.22. The van der Waals surface area contributed by atoms with Crippen molar-refractivity contribution >= 4 is 11.4 Å². The van der Waals surface area contributed by atoms with E-state index in [0.29, 0.717) is 5.41 Å². The van der Waals surface area contributed by atoms with Gasteiger partial charge >= 0.3 is 0 Å². The first-order valence-corrected chi connectivity index (χ1v) is 7.80. The van der Waals surface area contributed by atoms with Crippen LogP contribution in [0.2, 0.25) is 0 Å². The van der Waals surface area contributed by atoms with Crippen molar-refractivity contribution in [2.24, 2.45) is 5.41 Å². The third-order valence-corrected chi connectivity index (χ3v) is 5.22. The lowest BCUT2D eigenvalue weighted by atomic mass is 9.71. The van der Waals surface area contributed by atoms with Crippen molar-refractivity contribution < 1.29 is 4.92 Å². The molecule has 0 bridgehead atoms. The van der Waals surface area contributed by atoms with Crippen LogP contribution in [0.25, 0.3) is 0 Å². The zero-order chi connectivity index (χ0) is 14.9. The number of piperidine rings is 2. The second-order valence-corrected chi connectivity index (χ2v) is 6.46. The Morgan fingerprint density at radius 1 is 1.19 bits per heavy atom. The smallest absolute Gasteiger partial charge is 0.269 e. The first kappa shape index (κ1) is 14.3. The fourth-order valence-corrected chi connectivity index (χ4v) is 3.79. The summed E-state index contributed by atoms with van der Waals surface area (Å²) in [7, 11) is 0. The third kappa shape index (κ3) is 2.88.